The van der Waals surface area contributed by atoms with Crippen LogP contribution in [-0.4, -0.2) is 33.9 Å². The standard InChI is InChI=1S/C27H25N3O2/c1-2-25(31)30-16-6-7-20(18-30)23-14-15-28-27-26(23)24(17-29-27)19-10-12-22(13-11-19)32-21-8-4-3-5-9-21/h2-5,8-15,17,20H,1,6-7,16,18H2,(H,28,29). The summed E-state index contributed by atoms with van der Waals surface area (Å²) in [6.07, 6.45) is 7.31. The van der Waals surface area contributed by atoms with E-state index in [1.807, 2.05) is 59.8 Å². The molecule has 32 heavy (non-hydrogen) atoms. The van der Waals surface area contributed by atoms with Crippen LogP contribution in [0.1, 0.15) is 24.3 Å². The minimum Gasteiger partial charge on any atom is -0.457 e. The third-order valence-corrected chi connectivity index (χ3v) is 6.10. The number of aromatic amines is 1. The first-order valence-electron chi connectivity index (χ1n) is 10.9. The van der Waals surface area contributed by atoms with Gasteiger partial charge in [0.1, 0.15) is 17.1 Å². The van der Waals surface area contributed by atoms with Crippen molar-refractivity contribution >= 4 is 16.9 Å². The van der Waals surface area contributed by atoms with Gasteiger partial charge in [0.2, 0.25) is 5.91 Å². The highest BCUT2D eigenvalue weighted by Crippen LogP contribution is 2.37. The van der Waals surface area contributed by atoms with E-state index in [1.54, 1.807) is 0 Å². The van der Waals surface area contributed by atoms with Gasteiger partial charge in [0, 0.05) is 42.4 Å². The molecule has 1 fully saturated rings. The fraction of sp³-hybridized carbons (Fsp3) is 0.185. The SMILES string of the molecule is C=CC(=O)N1CCCC(c2ccnc3[nH]cc(-c4ccc(Oc5ccccc5)cc4)c23)C1. The zero-order valence-corrected chi connectivity index (χ0v) is 17.8. The van der Waals surface area contributed by atoms with Gasteiger partial charge in [0.15, 0.2) is 0 Å². The molecule has 1 aliphatic rings. The zero-order chi connectivity index (χ0) is 21.9. The van der Waals surface area contributed by atoms with Gasteiger partial charge < -0.3 is 14.6 Å². The number of carbonyl (C=O) groups is 1. The van der Waals surface area contributed by atoms with Crippen molar-refractivity contribution in [1.29, 1.82) is 0 Å². The molecule has 1 saturated heterocycles. The maximum Gasteiger partial charge on any atom is 0.245 e. The number of nitrogens with zero attached hydrogens (tertiary/aromatic N) is 2. The molecule has 5 nitrogen and oxygen atoms in total. The van der Waals surface area contributed by atoms with E-state index < -0.39 is 0 Å². The van der Waals surface area contributed by atoms with E-state index in [-0.39, 0.29) is 11.8 Å². The molecule has 1 aliphatic heterocycles. The van der Waals surface area contributed by atoms with Gasteiger partial charge >= 0.3 is 0 Å². The minimum atomic E-state index is 0.00305. The number of hydrogen-bond donors (Lipinski definition) is 1. The summed E-state index contributed by atoms with van der Waals surface area (Å²) in [4.78, 5) is 22.0. The van der Waals surface area contributed by atoms with Gasteiger partial charge in [-0.3, -0.25) is 4.79 Å². The number of fused-ring (bicyclic) bond motifs is 1. The summed E-state index contributed by atoms with van der Waals surface area (Å²) in [5, 5.41) is 1.13. The van der Waals surface area contributed by atoms with Crippen LogP contribution in [-0.2, 0) is 4.79 Å². The predicted molar refractivity (Wildman–Crippen MR) is 127 cm³/mol. The molecule has 1 unspecified atom stereocenters. The van der Waals surface area contributed by atoms with Crippen LogP contribution in [0.5, 0.6) is 11.5 Å². The molecule has 0 saturated carbocycles. The maximum atomic E-state index is 12.2. The molecule has 3 heterocycles. The summed E-state index contributed by atoms with van der Waals surface area (Å²) < 4.78 is 5.94. The summed E-state index contributed by atoms with van der Waals surface area (Å²) in [5.74, 6) is 1.88. The highest BCUT2D eigenvalue weighted by Gasteiger charge is 2.26. The van der Waals surface area contributed by atoms with Crippen molar-refractivity contribution in [2.24, 2.45) is 0 Å². The first kappa shape index (κ1) is 20.1. The van der Waals surface area contributed by atoms with Gasteiger partial charge in [0.25, 0.3) is 0 Å². The number of H-pyrrole nitrogens is 1. The number of para-hydroxylation sites is 1. The lowest BCUT2D eigenvalue weighted by atomic mass is 9.87. The van der Waals surface area contributed by atoms with Crippen molar-refractivity contribution in [3.63, 3.8) is 0 Å². The van der Waals surface area contributed by atoms with Crippen molar-refractivity contribution < 1.29 is 9.53 Å². The number of benzene rings is 2. The average Bonchev–Trinajstić information content (AvgIpc) is 3.29. The van der Waals surface area contributed by atoms with E-state index in [2.05, 4.69) is 34.7 Å². The van der Waals surface area contributed by atoms with Crippen LogP contribution in [0.4, 0.5) is 0 Å². The highest BCUT2D eigenvalue weighted by molar-refractivity contribution is 5.96. The molecule has 0 aliphatic carbocycles. The van der Waals surface area contributed by atoms with Crippen molar-refractivity contribution in [2.75, 3.05) is 13.1 Å². The van der Waals surface area contributed by atoms with Crippen LogP contribution in [0.2, 0.25) is 0 Å². The van der Waals surface area contributed by atoms with E-state index in [0.29, 0.717) is 6.54 Å². The molecule has 5 rings (SSSR count). The van der Waals surface area contributed by atoms with Crippen LogP contribution >= 0.6 is 0 Å². The highest BCUT2D eigenvalue weighted by atomic mass is 16.5. The molecule has 5 heteroatoms. The van der Waals surface area contributed by atoms with E-state index in [4.69, 9.17) is 4.74 Å². The normalized spacial score (nSPS) is 16.1. The van der Waals surface area contributed by atoms with E-state index in [1.165, 1.54) is 11.6 Å². The number of piperidine rings is 1. The van der Waals surface area contributed by atoms with Gasteiger partial charge in [-0.05, 0) is 60.4 Å². The Labute approximate surface area is 187 Å². The molecule has 0 radical (unpaired) electrons. The van der Waals surface area contributed by atoms with Crippen LogP contribution < -0.4 is 4.74 Å². The molecule has 0 bridgehead atoms. The monoisotopic (exact) mass is 423 g/mol. The van der Waals surface area contributed by atoms with E-state index in [9.17, 15) is 4.79 Å². The van der Waals surface area contributed by atoms with Crippen molar-refractivity contribution in [2.45, 2.75) is 18.8 Å². The number of likely N-dealkylation sites (tertiary alicyclic amines) is 1. The molecule has 2 aromatic heterocycles. The van der Waals surface area contributed by atoms with Crippen molar-refractivity contribution in [1.82, 2.24) is 14.9 Å². The smallest absolute Gasteiger partial charge is 0.245 e. The number of ether oxygens (including phenoxy) is 1. The number of carbonyl (C=O) groups excluding carboxylic acids is 1. The average molecular weight is 424 g/mol. The summed E-state index contributed by atoms with van der Waals surface area (Å²) >= 11 is 0. The number of amides is 1. The molecule has 0 spiro atoms. The Bertz CT molecular complexity index is 1250. The Balaban J connectivity index is 1.46. The summed E-state index contributed by atoms with van der Waals surface area (Å²) in [7, 11) is 0. The number of nitrogens with one attached hydrogen (secondary N) is 1. The Morgan fingerprint density at radius 2 is 1.88 bits per heavy atom. The summed E-state index contributed by atoms with van der Waals surface area (Å²) in [6.45, 7) is 5.14. The van der Waals surface area contributed by atoms with Crippen molar-refractivity contribution in [3.05, 3.63) is 91.3 Å². The van der Waals surface area contributed by atoms with Crippen LogP contribution in [0.15, 0.2) is 85.7 Å². The summed E-state index contributed by atoms with van der Waals surface area (Å²) in [5.41, 5.74) is 4.31. The first-order chi connectivity index (χ1) is 15.7. The van der Waals surface area contributed by atoms with Gasteiger partial charge in [-0.1, -0.05) is 36.9 Å². The Morgan fingerprint density at radius 1 is 1.09 bits per heavy atom. The third kappa shape index (κ3) is 3.89. The predicted octanol–water partition coefficient (Wildman–Crippen LogP) is 5.91. The minimum absolute atomic E-state index is 0.00305. The van der Waals surface area contributed by atoms with Crippen LogP contribution in [0, 0.1) is 0 Å². The van der Waals surface area contributed by atoms with Gasteiger partial charge in [-0.2, -0.15) is 0 Å². The lowest BCUT2D eigenvalue weighted by molar-refractivity contribution is -0.127. The lowest BCUT2D eigenvalue weighted by Gasteiger charge is -2.32. The molecule has 160 valence electrons. The fourth-order valence-corrected chi connectivity index (χ4v) is 4.54. The van der Waals surface area contributed by atoms with Crippen LogP contribution in [0.25, 0.3) is 22.2 Å². The van der Waals surface area contributed by atoms with Gasteiger partial charge in [0.05, 0.1) is 0 Å². The molecule has 1 amide bonds. The first-order valence-corrected chi connectivity index (χ1v) is 10.9. The molecular formula is C27H25N3O2. The van der Waals surface area contributed by atoms with Crippen molar-refractivity contribution in [3.8, 4) is 22.6 Å². The largest absolute Gasteiger partial charge is 0.457 e. The Kier molecular flexibility index (Phi) is 5.46. The van der Waals surface area contributed by atoms with E-state index in [0.717, 1.165) is 53.0 Å². The quantitative estimate of drug-likeness (QED) is 0.406. The van der Waals surface area contributed by atoms with Crippen LogP contribution in [0.3, 0.4) is 0 Å². The molecule has 1 atom stereocenters. The summed E-state index contributed by atoms with van der Waals surface area (Å²) in [6, 6.07) is 20.0. The Morgan fingerprint density at radius 3 is 2.66 bits per heavy atom. The van der Waals surface area contributed by atoms with Gasteiger partial charge in [-0.25, -0.2) is 4.98 Å². The second-order valence-corrected chi connectivity index (χ2v) is 8.09. The second-order valence-electron chi connectivity index (χ2n) is 8.09. The second kappa shape index (κ2) is 8.71. The molecule has 1 N–H and O–H groups in total. The van der Waals surface area contributed by atoms with Gasteiger partial charge in [-0.15, -0.1) is 0 Å². The lowest BCUT2D eigenvalue weighted by Crippen LogP contribution is -2.38. The fourth-order valence-electron chi connectivity index (χ4n) is 4.54. The molecular weight excluding hydrogens is 398 g/mol. The van der Waals surface area contributed by atoms with E-state index >= 15 is 0 Å². The number of rotatable bonds is 5. The Hall–Kier alpha value is -3.86. The molecule has 4 aromatic rings. The third-order valence-electron chi connectivity index (χ3n) is 6.10. The molecule has 2 aromatic carbocycles. The zero-order valence-electron chi connectivity index (χ0n) is 17.8. The topological polar surface area (TPSA) is 58.2 Å². The number of pyridine rings is 1. The number of hydrogen-bond acceptors (Lipinski definition) is 3. The maximum absolute atomic E-state index is 12.2. The number of aromatic nitrogens is 2.